The maximum atomic E-state index is 14.0. The van der Waals surface area contributed by atoms with Gasteiger partial charge in [-0.2, -0.15) is 0 Å². The monoisotopic (exact) mass is 368 g/mol. The number of carbonyl (C=O) groups is 2. The molecule has 1 aliphatic heterocycles. The van der Waals surface area contributed by atoms with Crippen LogP contribution in [0.1, 0.15) is 44.1 Å². The van der Waals surface area contributed by atoms with Crippen LogP contribution < -0.4 is 5.32 Å². The zero-order valence-electron chi connectivity index (χ0n) is 12.2. The van der Waals surface area contributed by atoms with Gasteiger partial charge >= 0.3 is 6.03 Å². The Labute approximate surface area is 137 Å². The van der Waals surface area contributed by atoms with E-state index in [1.807, 2.05) is 0 Å². The van der Waals surface area contributed by atoms with E-state index in [2.05, 4.69) is 21.2 Å². The Balaban J connectivity index is 1.82. The average molecular weight is 369 g/mol. The van der Waals surface area contributed by atoms with Crippen molar-refractivity contribution in [2.24, 2.45) is 0 Å². The summed E-state index contributed by atoms with van der Waals surface area (Å²) in [5.74, 6) is -0.626. The van der Waals surface area contributed by atoms with Crippen LogP contribution in [0.15, 0.2) is 22.7 Å². The van der Waals surface area contributed by atoms with Gasteiger partial charge in [0, 0.05) is 10.0 Å². The fourth-order valence-electron chi connectivity index (χ4n) is 3.31. The molecular weight excluding hydrogens is 351 g/mol. The predicted molar refractivity (Wildman–Crippen MR) is 83.6 cm³/mol. The van der Waals surface area contributed by atoms with Crippen molar-refractivity contribution in [2.75, 3.05) is 0 Å². The lowest BCUT2D eigenvalue weighted by atomic mass is 9.90. The van der Waals surface area contributed by atoms with Crippen LogP contribution in [0.5, 0.6) is 0 Å². The molecule has 1 aliphatic carbocycles. The summed E-state index contributed by atoms with van der Waals surface area (Å²) in [5, 5.41) is 2.87. The molecule has 3 rings (SSSR count). The molecule has 6 heteroatoms. The first kappa shape index (κ1) is 15.5. The summed E-state index contributed by atoms with van der Waals surface area (Å²) in [6, 6.07) is 4.24. The van der Waals surface area contributed by atoms with E-state index < -0.39 is 17.4 Å². The maximum absolute atomic E-state index is 14.0. The van der Waals surface area contributed by atoms with Gasteiger partial charge in [0.2, 0.25) is 0 Å². The van der Waals surface area contributed by atoms with E-state index in [0.717, 1.165) is 30.6 Å². The molecule has 1 aromatic carbocycles. The molecule has 1 saturated heterocycles. The highest BCUT2D eigenvalue weighted by molar-refractivity contribution is 9.10. The number of hydrogen-bond donors (Lipinski definition) is 1. The molecule has 0 bridgehead atoms. The van der Waals surface area contributed by atoms with Crippen LogP contribution in [-0.4, -0.2) is 22.4 Å². The third-order valence-corrected chi connectivity index (χ3v) is 5.04. The molecule has 1 spiro atoms. The van der Waals surface area contributed by atoms with E-state index in [-0.39, 0.29) is 12.5 Å². The molecule has 0 unspecified atom stereocenters. The fourth-order valence-corrected chi connectivity index (χ4v) is 3.64. The van der Waals surface area contributed by atoms with Crippen LogP contribution in [0.2, 0.25) is 0 Å². The van der Waals surface area contributed by atoms with E-state index >= 15 is 0 Å². The molecule has 1 heterocycles. The predicted octanol–water partition coefficient (Wildman–Crippen LogP) is 3.73. The molecule has 2 aliphatic rings. The summed E-state index contributed by atoms with van der Waals surface area (Å²) in [4.78, 5) is 26.1. The van der Waals surface area contributed by atoms with Crippen molar-refractivity contribution < 1.29 is 14.0 Å². The summed E-state index contributed by atoms with van der Waals surface area (Å²) >= 11 is 3.20. The minimum atomic E-state index is -0.764. The number of imide groups is 1. The number of urea groups is 1. The molecule has 1 saturated carbocycles. The van der Waals surface area contributed by atoms with Crippen molar-refractivity contribution in [1.29, 1.82) is 0 Å². The first-order valence-electron chi connectivity index (χ1n) is 7.60. The molecule has 2 fully saturated rings. The second-order valence-electron chi connectivity index (χ2n) is 6.05. The maximum Gasteiger partial charge on any atom is 0.325 e. The van der Waals surface area contributed by atoms with Gasteiger partial charge in [-0.25, -0.2) is 9.18 Å². The minimum Gasteiger partial charge on any atom is -0.323 e. The van der Waals surface area contributed by atoms with Crippen LogP contribution in [0.3, 0.4) is 0 Å². The number of nitrogens with one attached hydrogen (secondary N) is 1. The smallest absolute Gasteiger partial charge is 0.323 e. The lowest BCUT2D eigenvalue weighted by Crippen LogP contribution is -2.46. The van der Waals surface area contributed by atoms with Crippen molar-refractivity contribution >= 4 is 27.9 Å². The van der Waals surface area contributed by atoms with Crippen molar-refractivity contribution in [2.45, 2.75) is 50.6 Å². The van der Waals surface area contributed by atoms with Gasteiger partial charge in [-0.15, -0.1) is 0 Å². The molecule has 3 amide bonds. The lowest BCUT2D eigenvalue weighted by Gasteiger charge is -2.24. The normalized spacial score (nSPS) is 21.1. The van der Waals surface area contributed by atoms with Gasteiger partial charge in [0.25, 0.3) is 5.91 Å². The Morgan fingerprint density at radius 1 is 1.18 bits per heavy atom. The first-order valence-corrected chi connectivity index (χ1v) is 8.39. The Hall–Kier alpha value is -1.43. The Morgan fingerprint density at radius 2 is 1.86 bits per heavy atom. The molecule has 118 valence electrons. The van der Waals surface area contributed by atoms with Gasteiger partial charge in [0.05, 0.1) is 6.54 Å². The van der Waals surface area contributed by atoms with Gasteiger partial charge in [-0.05, 0) is 25.0 Å². The van der Waals surface area contributed by atoms with Crippen molar-refractivity contribution in [3.8, 4) is 0 Å². The highest BCUT2D eigenvalue weighted by atomic mass is 79.9. The summed E-state index contributed by atoms with van der Waals surface area (Å²) in [7, 11) is 0. The zero-order valence-corrected chi connectivity index (χ0v) is 13.8. The Kier molecular flexibility index (Phi) is 4.21. The molecular formula is C16H18BrFN2O2. The standard InChI is InChI=1S/C16H18BrFN2O2/c17-12-6-5-11(13(18)9-12)10-20-14(21)16(19-15(20)22)7-3-1-2-4-8-16/h5-6,9H,1-4,7-8,10H2,(H,19,22). The molecule has 0 aromatic heterocycles. The number of halogens is 2. The van der Waals surface area contributed by atoms with Crippen molar-refractivity contribution in [1.82, 2.24) is 10.2 Å². The molecule has 1 aromatic rings. The van der Waals surface area contributed by atoms with E-state index in [1.165, 1.54) is 6.07 Å². The third-order valence-electron chi connectivity index (χ3n) is 4.55. The Morgan fingerprint density at radius 3 is 2.50 bits per heavy atom. The molecule has 0 atom stereocenters. The lowest BCUT2D eigenvalue weighted by molar-refractivity contribution is -0.132. The molecule has 22 heavy (non-hydrogen) atoms. The zero-order chi connectivity index (χ0) is 15.7. The number of amides is 3. The summed E-state index contributed by atoms with van der Waals surface area (Å²) in [6.45, 7) is -0.0223. The highest BCUT2D eigenvalue weighted by Gasteiger charge is 2.50. The molecule has 0 radical (unpaired) electrons. The summed E-state index contributed by atoms with van der Waals surface area (Å²) in [6.07, 6.45) is 5.41. The van der Waals surface area contributed by atoms with E-state index in [0.29, 0.717) is 22.9 Å². The molecule has 1 N–H and O–H groups in total. The minimum absolute atomic E-state index is 0.0223. The third kappa shape index (κ3) is 2.76. The van der Waals surface area contributed by atoms with Crippen LogP contribution in [0.25, 0.3) is 0 Å². The first-order chi connectivity index (χ1) is 10.5. The van der Waals surface area contributed by atoms with Gasteiger partial charge < -0.3 is 5.32 Å². The van der Waals surface area contributed by atoms with Crippen molar-refractivity contribution in [3.63, 3.8) is 0 Å². The topological polar surface area (TPSA) is 49.4 Å². The van der Waals surface area contributed by atoms with Crippen LogP contribution in [0.4, 0.5) is 9.18 Å². The van der Waals surface area contributed by atoms with Crippen LogP contribution in [0, 0.1) is 5.82 Å². The van der Waals surface area contributed by atoms with Gasteiger partial charge in [-0.1, -0.05) is 47.7 Å². The fraction of sp³-hybridized carbons (Fsp3) is 0.500. The second-order valence-corrected chi connectivity index (χ2v) is 6.97. The average Bonchev–Trinajstić information content (AvgIpc) is 2.65. The van der Waals surface area contributed by atoms with E-state index in [9.17, 15) is 14.0 Å². The van der Waals surface area contributed by atoms with E-state index in [1.54, 1.807) is 12.1 Å². The van der Waals surface area contributed by atoms with Crippen LogP contribution in [-0.2, 0) is 11.3 Å². The SMILES string of the molecule is O=C1NC2(CCCCCC2)C(=O)N1Cc1ccc(Br)cc1F. The van der Waals surface area contributed by atoms with Gasteiger partial charge in [0.15, 0.2) is 0 Å². The Bertz CT molecular complexity index is 612. The highest BCUT2D eigenvalue weighted by Crippen LogP contribution is 2.33. The number of nitrogens with zero attached hydrogens (tertiary/aromatic N) is 1. The molecule has 4 nitrogen and oxygen atoms in total. The largest absolute Gasteiger partial charge is 0.325 e. The number of hydrogen-bond acceptors (Lipinski definition) is 2. The van der Waals surface area contributed by atoms with Crippen LogP contribution >= 0.6 is 15.9 Å². The quantitative estimate of drug-likeness (QED) is 0.808. The summed E-state index contributed by atoms with van der Waals surface area (Å²) < 4.78 is 14.6. The van der Waals surface area contributed by atoms with Gasteiger partial charge in [-0.3, -0.25) is 9.69 Å². The number of carbonyl (C=O) groups excluding carboxylic acids is 2. The summed E-state index contributed by atoms with van der Waals surface area (Å²) in [5.41, 5.74) is -0.420. The number of benzene rings is 1. The van der Waals surface area contributed by atoms with Gasteiger partial charge in [0.1, 0.15) is 11.4 Å². The number of rotatable bonds is 2. The van der Waals surface area contributed by atoms with Crippen molar-refractivity contribution in [3.05, 3.63) is 34.1 Å². The second kappa shape index (κ2) is 5.99. The van der Waals surface area contributed by atoms with E-state index in [4.69, 9.17) is 0 Å².